The molecule has 0 aliphatic carbocycles. The summed E-state index contributed by atoms with van der Waals surface area (Å²) in [4.78, 5) is 0.348. The van der Waals surface area contributed by atoms with Crippen molar-refractivity contribution in [3.63, 3.8) is 0 Å². The third-order valence-corrected chi connectivity index (χ3v) is 5.10. The molecule has 21 heavy (non-hydrogen) atoms. The molecule has 1 aromatic carbocycles. The molecule has 0 saturated carbocycles. The van der Waals surface area contributed by atoms with Crippen molar-refractivity contribution in [2.45, 2.75) is 69.6 Å². The fourth-order valence-electron chi connectivity index (χ4n) is 2.33. The molecule has 120 valence electrons. The van der Waals surface area contributed by atoms with E-state index < -0.39 is 10.0 Å². The Morgan fingerprint density at radius 1 is 0.810 bits per heavy atom. The molecule has 0 fully saturated rings. The first-order chi connectivity index (χ1) is 10.2. The van der Waals surface area contributed by atoms with Gasteiger partial charge in [-0.1, -0.05) is 76.5 Å². The summed E-state index contributed by atoms with van der Waals surface area (Å²) in [6.07, 6.45) is 11.2. The Bertz CT molecular complexity index is 457. The summed E-state index contributed by atoms with van der Waals surface area (Å²) >= 11 is 0. The first-order valence-electron chi connectivity index (χ1n) is 8.21. The third-order valence-electron chi connectivity index (χ3n) is 3.63. The SMILES string of the molecule is CCCCCCCCCCCNS(=O)(=O)c1ccccc1. The van der Waals surface area contributed by atoms with Gasteiger partial charge in [-0.3, -0.25) is 0 Å². The van der Waals surface area contributed by atoms with Gasteiger partial charge in [-0.2, -0.15) is 0 Å². The molecule has 1 N–H and O–H groups in total. The van der Waals surface area contributed by atoms with Crippen LogP contribution in [0.2, 0.25) is 0 Å². The van der Waals surface area contributed by atoms with Crippen molar-refractivity contribution >= 4 is 10.0 Å². The molecule has 0 aliphatic heterocycles. The zero-order chi connectivity index (χ0) is 15.4. The van der Waals surface area contributed by atoms with Crippen molar-refractivity contribution in [3.05, 3.63) is 30.3 Å². The summed E-state index contributed by atoms with van der Waals surface area (Å²) in [5, 5.41) is 0. The highest BCUT2D eigenvalue weighted by molar-refractivity contribution is 7.89. The van der Waals surface area contributed by atoms with Gasteiger partial charge in [0.25, 0.3) is 0 Å². The quantitative estimate of drug-likeness (QED) is 0.578. The number of sulfonamides is 1. The Balaban J connectivity index is 2.04. The molecule has 4 heteroatoms. The Morgan fingerprint density at radius 2 is 1.33 bits per heavy atom. The zero-order valence-electron chi connectivity index (χ0n) is 13.2. The predicted molar refractivity (Wildman–Crippen MR) is 88.9 cm³/mol. The van der Waals surface area contributed by atoms with E-state index in [2.05, 4.69) is 11.6 Å². The van der Waals surface area contributed by atoms with E-state index in [9.17, 15) is 8.42 Å². The highest BCUT2D eigenvalue weighted by Crippen LogP contribution is 2.10. The fourth-order valence-corrected chi connectivity index (χ4v) is 3.42. The molecule has 0 atom stereocenters. The second-order valence-corrected chi connectivity index (χ2v) is 7.31. The van der Waals surface area contributed by atoms with Gasteiger partial charge in [0.1, 0.15) is 0 Å². The summed E-state index contributed by atoms with van der Waals surface area (Å²) in [5.41, 5.74) is 0. The van der Waals surface area contributed by atoms with Gasteiger partial charge >= 0.3 is 0 Å². The third kappa shape index (κ3) is 8.22. The molecular weight excluding hydrogens is 282 g/mol. The van der Waals surface area contributed by atoms with Crippen molar-refractivity contribution in [3.8, 4) is 0 Å². The summed E-state index contributed by atoms with van der Waals surface area (Å²) in [5.74, 6) is 0. The smallest absolute Gasteiger partial charge is 0.211 e. The van der Waals surface area contributed by atoms with Crippen molar-refractivity contribution in [1.29, 1.82) is 0 Å². The molecule has 0 bridgehead atoms. The molecule has 0 spiro atoms. The van der Waals surface area contributed by atoms with Gasteiger partial charge in [-0.15, -0.1) is 0 Å². The van der Waals surface area contributed by atoms with Crippen LogP contribution in [0.4, 0.5) is 0 Å². The van der Waals surface area contributed by atoms with Crippen molar-refractivity contribution in [2.24, 2.45) is 0 Å². The van der Waals surface area contributed by atoms with Crippen molar-refractivity contribution < 1.29 is 8.42 Å². The first-order valence-corrected chi connectivity index (χ1v) is 9.70. The lowest BCUT2D eigenvalue weighted by Crippen LogP contribution is -2.24. The molecule has 0 radical (unpaired) electrons. The lowest BCUT2D eigenvalue weighted by molar-refractivity contribution is 0.554. The molecular formula is C17H29NO2S. The van der Waals surface area contributed by atoms with E-state index >= 15 is 0 Å². The van der Waals surface area contributed by atoms with E-state index in [4.69, 9.17) is 0 Å². The van der Waals surface area contributed by atoms with Gasteiger partial charge in [-0.25, -0.2) is 13.1 Å². The van der Waals surface area contributed by atoms with Crippen LogP contribution in [-0.4, -0.2) is 15.0 Å². The molecule has 1 aromatic rings. The van der Waals surface area contributed by atoms with Gasteiger partial charge in [0.05, 0.1) is 4.90 Å². The largest absolute Gasteiger partial charge is 0.240 e. The van der Waals surface area contributed by atoms with Crippen molar-refractivity contribution in [2.75, 3.05) is 6.54 Å². The van der Waals surface area contributed by atoms with Crippen LogP contribution in [0.1, 0.15) is 64.7 Å². The van der Waals surface area contributed by atoms with E-state index in [-0.39, 0.29) is 0 Å². The number of hydrogen-bond donors (Lipinski definition) is 1. The first kappa shape index (κ1) is 18.2. The molecule has 0 amide bonds. The van der Waals surface area contributed by atoms with E-state index in [0.29, 0.717) is 11.4 Å². The van der Waals surface area contributed by atoms with Crippen LogP contribution in [0.15, 0.2) is 35.2 Å². The standard InChI is InChI=1S/C17H29NO2S/c1-2-3-4-5-6-7-8-9-13-16-18-21(19,20)17-14-11-10-12-15-17/h10-12,14-15,18H,2-9,13,16H2,1H3. The van der Waals surface area contributed by atoms with Gasteiger partial charge in [0.15, 0.2) is 0 Å². The Labute approximate surface area is 130 Å². The van der Waals surface area contributed by atoms with E-state index in [1.54, 1.807) is 24.3 Å². The average molecular weight is 311 g/mol. The zero-order valence-corrected chi connectivity index (χ0v) is 14.0. The molecule has 1 rings (SSSR count). The number of unbranched alkanes of at least 4 members (excludes halogenated alkanes) is 8. The van der Waals surface area contributed by atoms with Gasteiger partial charge in [-0.05, 0) is 18.6 Å². The van der Waals surface area contributed by atoms with Crippen LogP contribution in [0.5, 0.6) is 0 Å². The maximum atomic E-state index is 12.0. The summed E-state index contributed by atoms with van der Waals surface area (Å²) < 4.78 is 26.6. The highest BCUT2D eigenvalue weighted by atomic mass is 32.2. The maximum Gasteiger partial charge on any atom is 0.240 e. The van der Waals surface area contributed by atoms with Crippen molar-refractivity contribution in [1.82, 2.24) is 4.72 Å². The number of benzene rings is 1. The molecule has 0 heterocycles. The van der Waals surface area contributed by atoms with Gasteiger partial charge in [0.2, 0.25) is 10.0 Å². The van der Waals surface area contributed by atoms with E-state index in [1.807, 2.05) is 6.07 Å². The molecule has 3 nitrogen and oxygen atoms in total. The van der Waals surface area contributed by atoms with Crippen LogP contribution >= 0.6 is 0 Å². The van der Waals surface area contributed by atoms with Crippen LogP contribution < -0.4 is 4.72 Å². The second kappa shape index (κ2) is 10.8. The second-order valence-electron chi connectivity index (χ2n) is 5.54. The van der Waals surface area contributed by atoms with Gasteiger partial charge < -0.3 is 0 Å². The summed E-state index contributed by atoms with van der Waals surface area (Å²) in [6.45, 7) is 2.77. The molecule has 0 unspecified atom stereocenters. The lowest BCUT2D eigenvalue weighted by Gasteiger charge is -2.06. The monoisotopic (exact) mass is 311 g/mol. The Kier molecular flexibility index (Phi) is 9.35. The minimum absolute atomic E-state index is 0.348. The molecule has 0 aliphatic rings. The normalized spacial score (nSPS) is 11.7. The molecule has 0 saturated heterocycles. The maximum absolute atomic E-state index is 12.0. The van der Waals surface area contributed by atoms with Crippen LogP contribution in [0.3, 0.4) is 0 Å². The average Bonchev–Trinajstić information content (AvgIpc) is 2.50. The van der Waals surface area contributed by atoms with Crippen LogP contribution in [0, 0.1) is 0 Å². The summed E-state index contributed by atoms with van der Waals surface area (Å²) in [6, 6.07) is 8.55. The lowest BCUT2D eigenvalue weighted by atomic mass is 10.1. The topological polar surface area (TPSA) is 46.2 Å². The predicted octanol–water partition coefficient (Wildman–Crippen LogP) is 4.50. The van der Waals surface area contributed by atoms with E-state index in [1.165, 1.54) is 44.9 Å². The summed E-state index contributed by atoms with van der Waals surface area (Å²) in [7, 11) is -3.32. The fraction of sp³-hybridized carbons (Fsp3) is 0.647. The van der Waals surface area contributed by atoms with Crippen LogP contribution in [-0.2, 0) is 10.0 Å². The number of nitrogens with one attached hydrogen (secondary N) is 1. The number of hydrogen-bond acceptors (Lipinski definition) is 2. The van der Waals surface area contributed by atoms with Crippen LogP contribution in [0.25, 0.3) is 0 Å². The number of rotatable bonds is 12. The minimum Gasteiger partial charge on any atom is -0.211 e. The molecule has 0 aromatic heterocycles. The Hall–Kier alpha value is -0.870. The van der Waals surface area contributed by atoms with Gasteiger partial charge in [0, 0.05) is 6.54 Å². The minimum atomic E-state index is -3.32. The highest BCUT2D eigenvalue weighted by Gasteiger charge is 2.11. The van der Waals surface area contributed by atoms with E-state index in [0.717, 1.165) is 12.8 Å². The Morgan fingerprint density at radius 3 is 1.90 bits per heavy atom.